The van der Waals surface area contributed by atoms with E-state index in [1.165, 1.54) is 15.9 Å². The monoisotopic (exact) mass is 491 g/mol. The first kappa shape index (κ1) is 25.9. The molecule has 2 aliphatic rings. The quantitative estimate of drug-likeness (QED) is 0.195. The standard InChI is InChI=1S/C30H39O4Si/c1-22-20-24(33-28(22)18-17-25-21-23(2)29(31)34-25)12-11-19-32-30(3,4)35(26-13-7-5-8-14-26)27-15-9-6-10-16-27/h5-10,13-16,23-25,28H,1,11-12,17-21H2,2-4H3/t23-,24+,25?,28+/m1/s1. The molecule has 0 N–H and O–H groups in total. The minimum absolute atomic E-state index is 0.0234. The van der Waals surface area contributed by atoms with Gasteiger partial charge in [-0.1, -0.05) is 84.5 Å². The van der Waals surface area contributed by atoms with E-state index in [0.29, 0.717) is 6.61 Å². The van der Waals surface area contributed by atoms with Gasteiger partial charge in [0.05, 0.1) is 23.4 Å². The van der Waals surface area contributed by atoms with E-state index < -0.39 is 8.80 Å². The van der Waals surface area contributed by atoms with Crippen LogP contribution in [0.3, 0.4) is 0 Å². The molecule has 187 valence electrons. The van der Waals surface area contributed by atoms with Gasteiger partial charge in [-0.15, -0.1) is 0 Å². The molecule has 0 amide bonds. The molecule has 4 atom stereocenters. The van der Waals surface area contributed by atoms with Crippen molar-refractivity contribution in [1.29, 1.82) is 0 Å². The second-order valence-electron chi connectivity index (χ2n) is 10.5. The van der Waals surface area contributed by atoms with Crippen LogP contribution in [-0.2, 0) is 19.0 Å². The molecular weight excluding hydrogens is 452 g/mol. The molecule has 2 saturated heterocycles. The Morgan fingerprint density at radius 3 is 2.17 bits per heavy atom. The number of carbonyl (C=O) groups excluding carboxylic acids is 1. The lowest BCUT2D eigenvalue weighted by Crippen LogP contribution is -2.58. The van der Waals surface area contributed by atoms with Crippen molar-refractivity contribution in [2.24, 2.45) is 5.92 Å². The first-order valence-corrected chi connectivity index (χ1v) is 14.5. The van der Waals surface area contributed by atoms with Gasteiger partial charge in [-0.3, -0.25) is 4.79 Å². The highest BCUT2D eigenvalue weighted by Gasteiger charge is 2.36. The highest BCUT2D eigenvalue weighted by atomic mass is 28.3. The lowest BCUT2D eigenvalue weighted by atomic mass is 9.99. The first-order chi connectivity index (χ1) is 16.8. The molecule has 5 heteroatoms. The van der Waals surface area contributed by atoms with Crippen molar-refractivity contribution in [1.82, 2.24) is 0 Å². The summed E-state index contributed by atoms with van der Waals surface area (Å²) in [4.78, 5) is 11.6. The third-order valence-electron chi connectivity index (χ3n) is 7.21. The Bertz CT molecular complexity index is 935. The van der Waals surface area contributed by atoms with Crippen LogP contribution in [0.4, 0.5) is 0 Å². The molecule has 2 heterocycles. The van der Waals surface area contributed by atoms with Gasteiger partial charge >= 0.3 is 5.97 Å². The number of ether oxygens (including phenoxy) is 3. The molecule has 1 unspecified atom stereocenters. The fourth-order valence-electron chi connectivity index (χ4n) is 5.36. The lowest BCUT2D eigenvalue weighted by molar-refractivity contribution is -0.144. The predicted octanol–water partition coefficient (Wildman–Crippen LogP) is 4.86. The molecule has 2 aliphatic heterocycles. The zero-order valence-corrected chi connectivity index (χ0v) is 22.4. The molecule has 4 rings (SSSR count). The molecule has 2 fully saturated rings. The van der Waals surface area contributed by atoms with Crippen molar-refractivity contribution in [3.8, 4) is 0 Å². The SMILES string of the molecule is C=C1C[C@H](CCCOC(C)(C)[Si](c2ccccc2)c2ccccc2)O[C@H]1CCC1C[C@@H](C)C(=O)O1. The predicted molar refractivity (Wildman–Crippen MR) is 142 cm³/mol. The molecule has 0 aliphatic carbocycles. The summed E-state index contributed by atoms with van der Waals surface area (Å²) >= 11 is 0. The minimum Gasteiger partial charge on any atom is -0.462 e. The summed E-state index contributed by atoms with van der Waals surface area (Å²) < 4.78 is 18.3. The van der Waals surface area contributed by atoms with Gasteiger partial charge in [0.2, 0.25) is 0 Å². The summed E-state index contributed by atoms with van der Waals surface area (Å²) in [6.07, 6.45) is 5.73. The number of hydrogen-bond donors (Lipinski definition) is 0. The van der Waals surface area contributed by atoms with Gasteiger partial charge in [0, 0.05) is 6.61 Å². The Morgan fingerprint density at radius 2 is 1.60 bits per heavy atom. The Labute approximate surface area is 212 Å². The van der Waals surface area contributed by atoms with Crippen LogP contribution in [0.15, 0.2) is 72.8 Å². The Kier molecular flexibility index (Phi) is 8.63. The Balaban J connectivity index is 1.25. The second kappa shape index (κ2) is 11.7. The zero-order valence-electron chi connectivity index (χ0n) is 21.4. The van der Waals surface area contributed by atoms with Gasteiger partial charge in [0.25, 0.3) is 0 Å². The van der Waals surface area contributed by atoms with Crippen molar-refractivity contribution >= 4 is 25.1 Å². The molecule has 0 spiro atoms. The molecule has 0 saturated carbocycles. The third-order valence-corrected chi connectivity index (χ3v) is 10.4. The molecular formula is C30H39O4Si. The number of hydrogen-bond acceptors (Lipinski definition) is 4. The van der Waals surface area contributed by atoms with E-state index in [1.54, 1.807) is 0 Å². The zero-order chi connectivity index (χ0) is 24.8. The number of carbonyl (C=O) groups is 1. The number of rotatable bonds is 11. The Hall–Kier alpha value is -2.21. The highest BCUT2D eigenvalue weighted by molar-refractivity contribution is 6.87. The molecule has 2 aromatic carbocycles. The van der Waals surface area contributed by atoms with E-state index in [1.807, 2.05) is 6.92 Å². The summed E-state index contributed by atoms with van der Waals surface area (Å²) in [7, 11) is -1.12. The average molecular weight is 492 g/mol. The van der Waals surface area contributed by atoms with Crippen molar-refractivity contribution in [2.45, 2.75) is 82.8 Å². The Morgan fingerprint density at radius 1 is 0.971 bits per heavy atom. The van der Waals surface area contributed by atoms with E-state index in [-0.39, 0.29) is 35.4 Å². The van der Waals surface area contributed by atoms with E-state index in [9.17, 15) is 4.79 Å². The highest BCUT2D eigenvalue weighted by Crippen LogP contribution is 2.32. The fraction of sp³-hybridized carbons (Fsp3) is 0.500. The van der Waals surface area contributed by atoms with Crippen LogP contribution in [0.1, 0.15) is 59.3 Å². The molecule has 0 aromatic heterocycles. The van der Waals surface area contributed by atoms with Crippen molar-refractivity contribution in [3.05, 3.63) is 72.8 Å². The van der Waals surface area contributed by atoms with Crippen LogP contribution >= 0.6 is 0 Å². The number of benzene rings is 2. The third kappa shape index (κ3) is 6.72. The van der Waals surface area contributed by atoms with Crippen LogP contribution < -0.4 is 10.4 Å². The van der Waals surface area contributed by atoms with Gasteiger partial charge < -0.3 is 14.2 Å². The van der Waals surface area contributed by atoms with Crippen LogP contribution in [0.2, 0.25) is 0 Å². The summed E-state index contributed by atoms with van der Waals surface area (Å²) in [6, 6.07) is 21.6. The first-order valence-electron chi connectivity index (χ1n) is 13.0. The van der Waals surface area contributed by atoms with E-state index in [2.05, 4.69) is 81.1 Å². The molecule has 2 aromatic rings. The molecule has 35 heavy (non-hydrogen) atoms. The number of cyclic esters (lactones) is 1. The largest absolute Gasteiger partial charge is 0.462 e. The van der Waals surface area contributed by atoms with Crippen LogP contribution in [-0.4, -0.2) is 44.9 Å². The molecule has 1 radical (unpaired) electrons. The van der Waals surface area contributed by atoms with Crippen molar-refractivity contribution < 1.29 is 19.0 Å². The van der Waals surface area contributed by atoms with Gasteiger partial charge in [-0.05, 0) is 57.9 Å². The molecule has 4 nitrogen and oxygen atoms in total. The maximum absolute atomic E-state index is 11.6. The van der Waals surface area contributed by atoms with Gasteiger partial charge in [0.15, 0.2) is 8.80 Å². The lowest BCUT2D eigenvalue weighted by Gasteiger charge is -2.34. The summed E-state index contributed by atoms with van der Waals surface area (Å²) in [5, 5.41) is 2.50. The van der Waals surface area contributed by atoms with Crippen LogP contribution in [0, 0.1) is 5.92 Å². The van der Waals surface area contributed by atoms with Crippen LogP contribution in [0.25, 0.3) is 0 Å². The summed E-state index contributed by atoms with van der Waals surface area (Å²) in [6.45, 7) is 11.4. The topological polar surface area (TPSA) is 44.8 Å². The summed E-state index contributed by atoms with van der Waals surface area (Å²) in [5.74, 6) is -0.0405. The van der Waals surface area contributed by atoms with Crippen LogP contribution in [0.5, 0.6) is 0 Å². The van der Waals surface area contributed by atoms with Gasteiger partial charge in [-0.2, -0.15) is 0 Å². The number of esters is 1. The van der Waals surface area contributed by atoms with E-state index in [0.717, 1.165) is 38.5 Å². The fourth-order valence-corrected chi connectivity index (χ4v) is 8.38. The second-order valence-corrected chi connectivity index (χ2v) is 13.6. The van der Waals surface area contributed by atoms with Gasteiger partial charge in [-0.25, -0.2) is 0 Å². The van der Waals surface area contributed by atoms with Crippen molar-refractivity contribution in [3.63, 3.8) is 0 Å². The normalized spacial score (nSPS) is 24.8. The minimum atomic E-state index is -1.12. The smallest absolute Gasteiger partial charge is 0.309 e. The van der Waals surface area contributed by atoms with E-state index in [4.69, 9.17) is 14.2 Å². The summed E-state index contributed by atoms with van der Waals surface area (Å²) in [5.41, 5.74) is 1.17. The maximum Gasteiger partial charge on any atom is 0.309 e. The van der Waals surface area contributed by atoms with Gasteiger partial charge in [0.1, 0.15) is 6.10 Å². The van der Waals surface area contributed by atoms with Crippen molar-refractivity contribution in [2.75, 3.05) is 6.61 Å². The average Bonchev–Trinajstić information content (AvgIpc) is 3.37. The van der Waals surface area contributed by atoms with E-state index >= 15 is 0 Å². The maximum atomic E-state index is 11.6. The molecule has 0 bridgehead atoms.